The Hall–Kier alpha value is -1.36. The average Bonchev–Trinajstić information content (AvgIpc) is 2.86. The van der Waals surface area contributed by atoms with Gasteiger partial charge in [0.1, 0.15) is 5.82 Å². The smallest absolute Gasteiger partial charge is 0.222 e. The molecule has 0 aromatic carbocycles. The quantitative estimate of drug-likeness (QED) is 0.806. The second-order valence-corrected chi connectivity index (χ2v) is 5.26. The minimum absolute atomic E-state index is 0.429. The SMILES string of the molecule is CN[C@@H]1CCN(c2nc(N)nc3c2CCCC3)C1. The van der Waals surface area contributed by atoms with Crippen molar-refractivity contribution in [2.45, 2.75) is 38.1 Å². The number of nitrogen functional groups attached to an aromatic ring is 1. The lowest BCUT2D eigenvalue weighted by molar-refractivity contribution is 0.615. The van der Waals surface area contributed by atoms with Crippen LogP contribution in [0.25, 0.3) is 0 Å². The standard InChI is InChI=1S/C13H21N5/c1-15-9-6-7-18(8-9)12-10-4-2-3-5-11(10)16-13(14)17-12/h9,15H,2-8H2,1H3,(H2,14,16,17)/t9-/m1/s1. The van der Waals surface area contributed by atoms with Crippen molar-refractivity contribution in [1.82, 2.24) is 15.3 Å². The fraction of sp³-hybridized carbons (Fsp3) is 0.692. The van der Waals surface area contributed by atoms with Gasteiger partial charge >= 0.3 is 0 Å². The van der Waals surface area contributed by atoms with Gasteiger partial charge in [-0.2, -0.15) is 4.98 Å². The maximum Gasteiger partial charge on any atom is 0.222 e. The molecule has 2 heterocycles. The summed E-state index contributed by atoms with van der Waals surface area (Å²) in [7, 11) is 2.03. The summed E-state index contributed by atoms with van der Waals surface area (Å²) in [5, 5.41) is 3.34. The summed E-state index contributed by atoms with van der Waals surface area (Å²) in [4.78, 5) is 11.3. The molecule has 1 aliphatic heterocycles. The van der Waals surface area contributed by atoms with Gasteiger partial charge in [0, 0.05) is 24.7 Å². The number of aromatic nitrogens is 2. The van der Waals surface area contributed by atoms with Crippen LogP contribution in [0.1, 0.15) is 30.5 Å². The molecule has 0 radical (unpaired) electrons. The Morgan fingerprint density at radius 3 is 2.89 bits per heavy atom. The Bertz CT molecular complexity index is 445. The molecule has 98 valence electrons. The highest BCUT2D eigenvalue weighted by Crippen LogP contribution is 2.30. The van der Waals surface area contributed by atoms with E-state index in [0.717, 1.165) is 31.7 Å². The van der Waals surface area contributed by atoms with E-state index in [1.54, 1.807) is 0 Å². The Labute approximate surface area is 108 Å². The zero-order chi connectivity index (χ0) is 12.5. The zero-order valence-electron chi connectivity index (χ0n) is 10.9. The number of hydrogen-bond donors (Lipinski definition) is 2. The van der Waals surface area contributed by atoms with Gasteiger partial charge in [0.15, 0.2) is 0 Å². The lowest BCUT2D eigenvalue weighted by atomic mass is 9.96. The third kappa shape index (κ3) is 2.03. The number of hydrogen-bond acceptors (Lipinski definition) is 5. The average molecular weight is 247 g/mol. The summed E-state index contributed by atoms with van der Waals surface area (Å²) in [6.45, 7) is 2.09. The third-order valence-electron chi connectivity index (χ3n) is 4.07. The van der Waals surface area contributed by atoms with Crippen molar-refractivity contribution in [2.24, 2.45) is 0 Å². The molecule has 0 unspecified atom stereocenters. The summed E-state index contributed by atoms with van der Waals surface area (Å²) < 4.78 is 0. The van der Waals surface area contributed by atoms with Gasteiger partial charge in [0.05, 0.1) is 5.69 Å². The molecule has 5 heteroatoms. The van der Waals surface area contributed by atoms with E-state index in [-0.39, 0.29) is 0 Å². The van der Waals surface area contributed by atoms with Crippen LogP contribution >= 0.6 is 0 Å². The molecule has 1 aliphatic carbocycles. The molecule has 3 N–H and O–H groups in total. The van der Waals surface area contributed by atoms with Crippen molar-refractivity contribution >= 4 is 11.8 Å². The van der Waals surface area contributed by atoms with Gasteiger partial charge in [-0.1, -0.05) is 0 Å². The molecular formula is C13H21N5. The van der Waals surface area contributed by atoms with Gasteiger partial charge in [0.25, 0.3) is 0 Å². The molecule has 1 atom stereocenters. The van der Waals surface area contributed by atoms with E-state index in [1.165, 1.54) is 30.5 Å². The van der Waals surface area contributed by atoms with Crippen molar-refractivity contribution in [2.75, 3.05) is 30.8 Å². The normalized spacial score (nSPS) is 23.2. The van der Waals surface area contributed by atoms with Crippen LogP contribution in [0.2, 0.25) is 0 Å². The molecule has 1 aromatic rings. The summed E-state index contributed by atoms with van der Waals surface area (Å²) in [5.41, 5.74) is 8.37. The van der Waals surface area contributed by atoms with E-state index in [2.05, 4.69) is 20.2 Å². The van der Waals surface area contributed by atoms with Crippen LogP contribution in [0.3, 0.4) is 0 Å². The van der Waals surface area contributed by atoms with E-state index < -0.39 is 0 Å². The van der Waals surface area contributed by atoms with Crippen molar-refractivity contribution in [3.05, 3.63) is 11.3 Å². The van der Waals surface area contributed by atoms with Crippen molar-refractivity contribution in [3.8, 4) is 0 Å². The van der Waals surface area contributed by atoms with Gasteiger partial charge < -0.3 is 16.0 Å². The Morgan fingerprint density at radius 1 is 1.28 bits per heavy atom. The molecule has 1 fully saturated rings. The number of nitrogens with two attached hydrogens (primary N) is 1. The molecule has 1 saturated heterocycles. The predicted molar refractivity (Wildman–Crippen MR) is 72.8 cm³/mol. The van der Waals surface area contributed by atoms with Gasteiger partial charge in [-0.25, -0.2) is 4.98 Å². The van der Waals surface area contributed by atoms with Crippen LogP contribution in [0.15, 0.2) is 0 Å². The minimum atomic E-state index is 0.429. The van der Waals surface area contributed by atoms with Crippen molar-refractivity contribution < 1.29 is 0 Å². The second-order valence-electron chi connectivity index (χ2n) is 5.26. The first-order chi connectivity index (χ1) is 8.78. The number of rotatable bonds is 2. The first kappa shape index (κ1) is 11.7. The summed E-state index contributed by atoms with van der Waals surface area (Å²) in [6, 6.07) is 0.570. The maximum atomic E-state index is 5.85. The van der Waals surface area contributed by atoms with Crippen LogP contribution in [0.5, 0.6) is 0 Å². The largest absolute Gasteiger partial charge is 0.368 e. The summed E-state index contributed by atoms with van der Waals surface area (Å²) in [5.74, 6) is 1.52. The van der Waals surface area contributed by atoms with Crippen LogP contribution in [-0.2, 0) is 12.8 Å². The van der Waals surface area contributed by atoms with E-state index >= 15 is 0 Å². The first-order valence-corrected chi connectivity index (χ1v) is 6.85. The van der Waals surface area contributed by atoms with Crippen molar-refractivity contribution in [1.29, 1.82) is 0 Å². The number of nitrogens with zero attached hydrogens (tertiary/aromatic N) is 3. The monoisotopic (exact) mass is 247 g/mol. The second kappa shape index (κ2) is 4.72. The van der Waals surface area contributed by atoms with E-state index in [9.17, 15) is 0 Å². The van der Waals surface area contributed by atoms with Crippen LogP contribution in [-0.4, -0.2) is 36.1 Å². The predicted octanol–water partition coefficient (Wildman–Crippen LogP) is 0.736. The van der Waals surface area contributed by atoms with Gasteiger partial charge in [0.2, 0.25) is 5.95 Å². The molecule has 3 rings (SSSR count). The van der Waals surface area contributed by atoms with Crippen LogP contribution in [0, 0.1) is 0 Å². The lowest BCUT2D eigenvalue weighted by Gasteiger charge is -2.24. The Morgan fingerprint density at radius 2 is 2.11 bits per heavy atom. The fourth-order valence-corrected chi connectivity index (χ4v) is 3.04. The van der Waals surface area contributed by atoms with Gasteiger partial charge in [-0.05, 0) is 39.2 Å². The highest BCUT2D eigenvalue weighted by atomic mass is 15.2. The third-order valence-corrected chi connectivity index (χ3v) is 4.07. The molecule has 5 nitrogen and oxygen atoms in total. The minimum Gasteiger partial charge on any atom is -0.368 e. The molecule has 18 heavy (non-hydrogen) atoms. The fourth-order valence-electron chi connectivity index (χ4n) is 3.04. The zero-order valence-corrected chi connectivity index (χ0v) is 10.9. The molecule has 2 aliphatic rings. The number of fused-ring (bicyclic) bond motifs is 1. The number of anilines is 2. The van der Waals surface area contributed by atoms with Crippen LogP contribution in [0.4, 0.5) is 11.8 Å². The molecular weight excluding hydrogens is 226 g/mol. The number of likely N-dealkylation sites (N-methyl/N-ethyl adjacent to an activating group) is 1. The van der Waals surface area contributed by atoms with Crippen molar-refractivity contribution in [3.63, 3.8) is 0 Å². The van der Waals surface area contributed by atoms with Gasteiger partial charge in [-0.15, -0.1) is 0 Å². The maximum absolute atomic E-state index is 5.85. The molecule has 0 bridgehead atoms. The van der Waals surface area contributed by atoms with Gasteiger partial charge in [-0.3, -0.25) is 0 Å². The highest BCUT2D eigenvalue weighted by Gasteiger charge is 2.26. The number of aryl methyl sites for hydroxylation is 1. The Kier molecular flexibility index (Phi) is 3.07. The molecule has 0 amide bonds. The van der Waals surface area contributed by atoms with Crippen LogP contribution < -0.4 is 16.0 Å². The molecule has 0 saturated carbocycles. The summed E-state index contributed by atoms with van der Waals surface area (Å²) >= 11 is 0. The topological polar surface area (TPSA) is 67.1 Å². The number of nitrogens with one attached hydrogen (secondary N) is 1. The van der Waals surface area contributed by atoms with E-state index in [1.807, 2.05) is 7.05 Å². The Balaban J connectivity index is 1.93. The molecule has 1 aromatic heterocycles. The molecule has 0 spiro atoms. The first-order valence-electron chi connectivity index (χ1n) is 6.85. The lowest BCUT2D eigenvalue weighted by Crippen LogP contribution is -2.31. The summed E-state index contributed by atoms with van der Waals surface area (Å²) in [6.07, 6.45) is 5.80. The highest BCUT2D eigenvalue weighted by molar-refractivity contribution is 5.53. The van der Waals surface area contributed by atoms with E-state index in [4.69, 9.17) is 5.73 Å². The van der Waals surface area contributed by atoms with E-state index in [0.29, 0.717) is 12.0 Å².